The van der Waals surface area contributed by atoms with Gasteiger partial charge in [0.1, 0.15) is 18.4 Å². The molecule has 11 heteroatoms. The van der Waals surface area contributed by atoms with Gasteiger partial charge in [-0.05, 0) is 12.8 Å². The largest absolute Gasteiger partial charge is 0.460 e. The minimum absolute atomic E-state index is 0.0940. The molecule has 0 aromatic carbocycles. The van der Waals surface area contributed by atoms with Crippen LogP contribution in [0.25, 0.3) is 0 Å². The van der Waals surface area contributed by atoms with Crippen LogP contribution in [0.4, 0.5) is 0 Å². The zero-order valence-corrected chi connectivity index (χ0v) is 44.1. The van der Waals surface area contributed by atoms with E-state index in [-0.39, 0.29) is 13.0 Å². The molecular formula is C55H103N2O8P. The molecule has 1 saturated heterocycles. The Labute approximate surface area is 405 Å². The summed E-state index contributed by atoms with van der Waals surface area (Å²) in [7, 11) is -1.62. The maximum absolute atomic E-state index is 12.5. The molecule has 2 heterocycles. The summed E-state index contributed by atoms with van der Waals surface area (Å²) in [6, 6.07) is 1.28. The monoisotopic (exact) mass is 951 g/mol. The SMILES string of the molecule is CCCCCCCCCCCCCCCCCCCCCCOP(OCCCCCCCCCCCCCCCCCCCCCC)OC[C@H]1O[C@@H](n2ccc(=O)[nH]c2=O)C[C@@H]1OC(C)=O. The lowest BCUT2D eigenvalue weighted by Gasteiger charge is -2.22. The number of rotatable bonds is 49. The second kappa shape index (κ2) is 44.6. The third kappa shape index (κ3) is 34.7. The van der Waals surface area contributed by atoms with Crippen LogP contribution in [0.2, 0.25) is 0 Å². The molecule has 0 unspecified atom stereocenters. The van der Waals surface area contributed by atoms with Gasteiger partial charge in [0.2, 0.25) is 0 Å². The number of nitrogens with zero attached hydrogens (tertiary/aromatic N) is 1. The van der Waals surface area contributed by atoms with Crippen LogP contribution < -0.4 is 11.2 Å². The molecule has 66 heavy (non-hydrogen) atoms. The Morgan fingerprint density at radius 3 is 1.20 bits per heavy atom. The van der Waals surface area contributed by atoms with Crippen LogP contribution in [0.1, 0.15) is 290 Å². The number of nitrogens with one attached hydrogen (secondary N) is 1. The highest BCUT2D eigenvalue weighted by Crippen LogP contribution is 2.42. The molecule has 1 aliphatic rings. The van der Waals surface area contributed by atoms with E-state index in [1.54, 1.807) is 0 Å². The number of ether oxygens (including phenoxy) is 2. The van der Waals surface area contributed by atoms with Crippen LogP contribution in [-0.2, 0) is 27.8 Å². The van der Waals surface area contributed by atoms with Gasteiger partial charge < -0.3 is 23.0 Å². The number of hydrogen-bond donors (Lipinski definition) is 1. The molecule has 2 rings (SSSR count). The Morgan fingerprint density at radius 1 is 0.545 bits per heavy atom. The number of hydrogen-bond acceptors (Lipinski definition) is 8. The van der Waals surface area contributed by atoms with Gasteiger partial charge >= 0.3 is 20.3 Å². The summed E-state index contributed by atoms with van der Waals surface area (Å²) in [6.45, 7) is 7.17. The van der Waals surface area contributed by atoms with Gasteiger partial charge in [0.15, 0.2) is 0 Å². The van der Waals surface area contributed by atoms with Crippen molar-refractivity contribution in [1.29, 1.82) is 0 Å². The fourth-order valence-corrected chi connectivity index (χ4v) is 10.3. The van der Waals surface area contributed by atoms with E-state index in [1.807, 2.05) is 0 Å². The fraction of sp³-hybridized carbons (Fsp3) is 0.909. The average molecular weight is 951 g/mol. The first-order valence-corrected chi connectivity index (χ1v) is 29.4. The highest BCUT2D eigenvalue weighted by molar-refractivity contribution is 7.41. The molecule has 1 N–H and O–H groups in total. The minimum Gasteiger partial charge on any atom is -0.460 e. The molecule has 1 fully saturated rings. The molecule has 0 radical (unpaired) electrons. The summed E-state index contributed by atoms with van der Waals surface area (Å²) in [5.74, 6) is -0.433. The van der Waals surface area contributed by atoms with E-state index in [0.717, 1.165) is 25.7 Å². The number of esters is 1. The third-order valence-corrected chi connectivity index (χ3v) is 14.5. The highest BCUT2D eigenvalue weighted by atomic mass is 31.2. The molecule has 0 spiro atoms. The number of carbonyl (C=O) groups is 1. The van der Waals surface area contributed by atoms with E-state index in [0.29, 0.717) is 13.2 Å². The maximum Gasteiger partial charge on any atom is 0.332 e. The zero-order valence-electron chi connectivity index (χ0n) is 43.2. The summed E-state index contributed by atoms with van der Waals surface area (Å²) < 4.78 is 31.7. The topological polar surface area (TPSA) is 118 Å². The predicted molar refractivity (Wildman–Crippen MR) is 276 cm³/mol. The quantitative estimate of drug-likeness (QED) is 0.0390. The van der Waals surface area contributed by atoms with E-state index < -0.39 is 44.3 Å². The molecule has 1 aromatic heterocycles. The number of H-pyrrole nitrogens is 1. The standard InChI is InChI=1S/C55H103N2O8P/c1-4-6-8-10-12-14-16-18-20-22-24-26-28-30-32-34-36-38-40-42-46-61-66(63-49-52-51(64-50(3)58)48-54(65-52)57-45-44-53(59)56-55(57)60)62-47-43-41-39-37-35-33-31-29-27-25-23-21-19-17-15-13-11-9-7-5-2/h44-45,51-52,54H,4-43,46-49H2,1-3H3,(H,56,59,60)/t51-,52+,54+/m0/s1. The molecule has 10 nitrogen and oxygen atoms in total. The smallest absolute Gasteiger partial charge is 0.332 e. The van der Waals surface area contributed by atoms with Crippen molar-refractivity contribution in [1.82, 2.24) is 9.55 Å². The maximum atomic E-state index is 12.5. The third-order valence-electron chi connectivity index (χ3n) is 13.4. The predicted octanol–water partition coefficient (Wildman–Crippen LogP) is 16.7. The average Bonchev–Trinajstić information content (AvgIpc) is 3.69. The Morgan fingerprint density at radius 2 is 0.879 bits per heavy atom. The fourth-order valence-electron chi connectivity index (χ4n) is 9.25. The number of carbonyl (C=O) groups excluding carboxylic acids is 1. The molecule has 386 valence electrons. The lowest BCUT2D eigenvalue weighted by molar-refractivity contribution is -0.150. The second-order valence-electron chi connectivity index (χ2n) is 19.7. The van der Waals surface area contributed by atoms with E-state index in [2.05, 4.69) is 18.8 Å². The van der Waals surface area contributed by atoms with Crippen molar-refractivity contribution >= 4 is 14.6 Å². The molecule has 0 bridgehead atoms. The molecular weight excluding hydrogens is 848 g/mol. The number of aromatic nitrogens is 2. The highest BCUT2D eigenvalue weighted by Gasteiger charge is 2.40. The van der Waals surface area contributed by atoms with Crippen LogP contribution in [0.3, 0.4) is 0 Å². The Hall–Kier alpha value is -1.58. The van der Waals surface area contributed by atoms with Crippen LogP contribution in [0.5, 0.6) is 0 Å². The van der Waals surface area contributed by atoms with Crippen molar-refractivity contribution in [3.63, 3.8) is 0 Å². The van der Waals surface area contributed by atoms with Crippen molar-refractivity contribution in [3.05, 3.63) is 33.1 Å². The summed E-state index contributed by atoms with van der Waals surface area (Å²) in [5.41, 5.74) is -1.06. The van der Waals surface area contributed by atoms with Gasteiger partial charge in [-0.1, -0.05) is 258 Å². The van der Waals surface area contributed by atoms with E-state index in [1.165, 1.54) is 255 Å². The van der Waals surface area contributed by atoms with Gasteiger partial charge in [-0.3, -0.25) is 19.1 Å². The van der Waals surface area contributed by atoms with Crippen LogP contribution in [0.15, 0.2) is 21.9 Å². The molecule has 3 atom stereocenters. The first-order valence-electron chi connectivity index (χ1n) is 28.3. The van der Waals surface area contributed by atoms with Crippen LogP contribution in [-0.4, -0.2) is 47.5 Å². The second-order valence-corrected chi connectivity index (χ2v) is 20.9. The zero-order chi connectivity index (χ0) is 47.4. The van der Waals surface area contributed by atoms with Crippen molar-refractivity contribution in [3.8, 4) is 0 Å². The molecule has 1 aliphatic heterocycles. The first-order chi connectivity index (χ1) is 32.4. The normalized spacial score (nSPS) is 16.2. The van der Waals surface area contributed by atoms with Gasteiger partial charge in [0, 0.05) is 25.6 Å². The summed E-state index contributed by atoms with van der Waals surface area (Å²) in [6.07, 6.45) is 53.7. The Bertz CT molecular complexity index is 1300. The summed E-state index contributed by atoms with van der Waals surface area (Å²) >= 11 is 0. The van der Waals surface area contributed by atoms with E-state index >= 15 is 0 Å². The van der Waals surface area contributed by atoms with Crippen molar-refractivity contribution < 1.29 is 27.8 Å². The minimum atomic E-state index is -1.62. The first kappa shape index (κ1) is 60.5. The summed E-state index contributed by atoms with van der Waals surface area (Å²) in [4.78, 5) is 38.4. The summed E-state index contributed by atoms with van der Waals surface area (Å²) in [5, 5.41) is 0. The lowest BCUT2D eigenvalue weighted by Crippen LogP contribution is -2.32. The Kier molecular flexibility index (Phi) is 40.9. The van der Waals surface area contributed by atoms with Gasteiger partial charge in [0.05, 0.1) is 19.8 Å². The molecule has 0 saturated carbocycles. The number of unbranched alkanes of at least 4 members (excludes halogenated alkanes) is 38. The molecule has 1 aromatic rings. The lowest BCUT2D eigenvalue weighted by atomic mass is 10.0. The Balaban J connectivity index is 1.60. The molecule has 0 aliphatic carbocycles. The van der Waals surface area contributed by atoms with Gasteiger partial charge in [-0.2, -0.15) is 0 Å². The van der Waals surface area contributed by atoms with Gasteiger partial charge in [0.25, 0.3) is 5.56 Å². The van der Waals surface area contributed by atoms with Crippen molar-refractivity contribution in [2.24, 2.45) is 0 Å². The van der Waals surface area contributed by atoms with Crippen molar-refractivity contribution in [2.45, 2.75) is 302 Å². The van der Waals surface area contributed by atoms with Gasteiger partial charge in [-0.15, -0.1) is 0 Å². The van der Waals surface area contributed by atoms with E-state index in [4.69, 9.17) is 23.0 Å². The van der Waals surface area contributed by atoms with Crippen LogP contribution in [0, 0.1) is 0 Å². The van der Waals surface area contributed by atoms with Crippen LogP contribution >= 0.6 is 8.60 Å². The van der Waals surface area contributed by atoms with Gasteiger partial charge in [-0.25, -0.2) is 4.79 Å². The van der Waals surface area contributed by atoms with E-state index in [9.17, 15) is 14.4 Å². The van der Waals surface area contributed by atoms with Crippen molar-refractivity contribution in [2.75, 3.05) is 19.8 Å². The molecule has 0 amide bonds. The number of aromatic amines is 1.